The van der Waals surface area contributed by atoms with E-state index in [0.717, 1.165) is 0 Å². The molecule has 6 heteroatoms. The average Bonchev–Trinajstić information content (AvgIpc) is 2.38. The SMILES string of the molecule is N#CCc1cc(=O)[nH]cc1-c1ccc(Cl)c(Cl)c1Cl. The van der Waals surface area contributed by atoms with E-state index in [1.54, 1.807) is 12.1 Å². The van der Waals surface area contributed by atoms with Gasteiger partial charge >= 0.3 is 0 Å². The number of pyridine rings is 1. The molecular formula is C13H7Cl3N2O. The van der Waals surface area contributed by atoms with Crippen molar-refractivity contribution in [2.75, 3.05) is 0 Å². The first-order valence-corrected chi connectivity index (χ1v) is 6.40. The molecule has 96 valence electrons. The van der Waals surface area contributed by atoms with E-state index in [1.165, 1.54) is 12.3 Å². The van der Waals surface area contributed by atoms with Gasteiger partial charge in [-0.25, -0.2) is 0 Å². The number of nitriles is 1. The molecule has 0 spiro atoms. The van der Waals surface area contributed by atoms with Crippen molar-refractivity contribution in [1.29, 1.82) is 5.26 Å². The topological polar surface area (TPSA) is 56.6 Å². The van der Waals surface area contributed by atoms with Crippen molar-refractivity contribution in [3.05, 3.63) is 55.4 Å². The van der Waals surface area contributed by atoms with E-state index in [-0.39, 0.29) is 17.0 Å². The van der Waals surface area contributed by atoms with Crippen LogP contribution in [0, 0.1) is 11.3 Å². The summed E-state index contributed by atoms with van der Waals surface area (Å²) in [6.07, 6.45) is 1.62. The predicted molar refractivity (Wildman–Crippen MR) is 76.8 cm³/mol. The minimum Gasteiger partial charge on any atom is -0.328 e. The molecule has 1 aromatic carbocycles. The number of rotatable bonds is 2. The highest BCUT2D eigenvalue weighted by molar-refractivity contribution is 6.49. The highest BCUT2D eigenvalue weighted by Gasteiger charge is 2.13. The van der Waals surface area contributed by atoms with Crippen LogP contribution >= 0.6 is 34.8 Å². The smallest absolute Gasteiger partial charge is 0.248 e. The molecule has 19 heavy (non-hydrogen) atoms. The summed E-state index contributed by atoms with van der Waals surface area (Å²) in [5.41, 5.74) is 1.60. The van der Waals surface area contributed by atoms with Crippen LogP contribution in [0.5, 0.6) is 0 Å². The van der Waals surface area contributed by atoms with Gasteiger partial charge < -0.3 is 4.98 Å². The molecule has 0 saturated carbocycles. The van der Waals surface area contributed by atoms with Crippen molar-refractivity contribution in [1.82, 2.24) is 4.98 Å². The van der Waals surface area contributed by atoms with Crippen LogP contribution in [-0.2, 0) is 6.42 Å². The molecule has 0 radical (unpaired) electrons. The van der Waals surface area contributed by atoms with Crippen LogP contribution in [0.3, 0.4) is 0 Å². The lowest BCUT2D eigenvalue weighted by Crippen LogP contribution is -2.06. The summed E-state index contributed by atoms with van der Waals surface area (Å²) < 4.78 is 0. The number of hydrogen-bond acceptors (Lipinski definition) is 2. The molecule has 0 aliphatic rings. The molecule has 0 aliphatic heterocycles. The molecule has 0 atom stereocenters. The molecule has 1 aromatic heterocycles. The molecule has 0 bridgehead atoms. The maximum Gasteiger partial charge on any atom is 0.248 e. The van der Waals surface area contributed by atoms with Gasteiger partial charge in [-0.15, -0.1) is 0 Å². The first kappa shape index (κ1) is 14.0. The zero-order valence-electron chi connectivity index (χ0n) is 9.51. The monoisotopic (exact) mass is 312 g/mol. The number of aromatic nitrogens is 1. The number of halogens is 3. The summed E-state index contributed by atoms with van der Waals surface area (Å²) in [6, 6.07) is 6.70. The van der Waals surface area contributed by atoms with E-state index in [9.17, 15) is 4.79 Å². The molecule has 0 saturated heterocycles. The van der Waals surface area contributed by atoms with Crippen LogP contribution < -0.4 is 5.56 Å². The Balaban J connectivity index is 2.69. The molecule has 0 amide bonds. The summed E-state index contributed by atoms with van der Waals surface area (Å²) in [4.78, 5) is 13.9. The third-order valence-electron chi connectivity index (χ3n) is 2.60. The average molecular weight is 314 g/mol. The molecule has 0 aliphatic carbocycles. The minimum atomic E-state index is -0.273. The second kappa shape index (κ2) is 5.66. The van der Waals surface area contributed by atoms with Crippen LogP contribution in [0.1, 0.15) is 5.56 Å². The largest absolute Gasteiger partial charge is 0.328 e. The van der Waals surface area contributed by atoms with Crippen molar-refractivity contribution in [2.45, 2.75) is 6.42 Å². The Morgan fingerprint density at radius 1 is 1.16 bits per heavy atom. The standard InChI is InChI=1S/C13H7Cl3N2O/c14-10-2-1-8(12(15)13(10)16)9-6-18-11(19)5-7(9)3-4-17/h1-2,5-6H,3H2,(H,18,19). The number of benzene rings is 1. The Bertz CT molecular complexity index is 732. The highest BCUT2D eigenvalue weighted by Crippen LogP contribution is 2.38. The highest BCUT2D eigenvalue weighted by atomic mass is 35.5. The normalized spacial score (nSPS) is 10.2. The fourth-order valence-electron chi connectivity index (χ4n) is 1.73. The minimum absolute atomic E-state index is 0.107. The number of aromatic amines is 1. The lowest BCUT2D eigenvalue weighted by Gasteiger charge is -2.10. The van der Waals surface area contributed by atoms with Gasteiger partial charge in [-0.2, -0.15) is 5.26 Å². The van der Waals surface area contributed by atoms with Gasteiger partial charge in [0.05, 0.1) is 27.6 Å². The zero-order valence-corrected chi connectivity index (χ0v) is 11.8. The maximum atomic E-state index is 11.3. The number of hydrogen-bond donors (Lipinski definition) is 1. The van der Waals surface area contributed by atoms with Gasteiger partial charge in [-0.1, -0.05) is 40.9 Å². The molecular weight excluding hydrogens is 307 g/mol. The number of nitrogens with zero attached hydrogens (tertiary/aromatic N) is 1. The van der Waals surface area contributed by atoms with Crippen molar-refractivity contribution >= 4 is 34.8 Å². The maximum absolute atomic E-state index is 11.3. The van der Waals surface area contributed by atoms with E-state index < -0.39 is 0 Å². The van der Waals surface area contributed by atoms with Crippen LogP contribution in [-0.4, -0.2) is 4.98 Å². The quantitative estimate of drug-likeness (QED) is 0.850. The van der Waals surface area contributed by atoms with Gasteiger partial charge in [0.1, 0.15) is 0 Å². The van der Waals surface area contributed by atoms with Crippen LogP contribution in [0.25, 0.3) is 11.1 Å². The molecule has 1 heterocycles. The number of nitrogens with one attached hydrogen (secondary N) is 1. The second-order valence-corrected chi connectivity index (χ2v) is 4.96. The molecule has 1 N–H and O–H groups in total. The summed E-state index contributed by atoms with van der Waals surface area (Å²) >= 11 is 18.0. The Hall–Kier alpha value is -1.47. The summed E-state index contributed by atoms with van der Waals surface area (Å²) in [7, 11) is 0. The fraction of sp³-hybridized carbons (Fsp3) is 0.0769. The van der Waals surface area contributed by atoms with Crippen molar-refractivity contribution in [3.8, 4) is 17.2 Å². The van der Waals surface area contributed by atoms with Crippen molar-refractivity contribution < 1.29 is 0 Å². The van der Waals surface area contributed by atoms with E-state index >= 15 is 0 Å². The van der Waals surface area contributed by atoms with E-state index in [4.69, 9.17) is 40.1 Å². The van der Waals surface area contributed by atoms with Crippen LogP contribution in [0.15, 0.2) is 29.2 Å². The molecule has 2 rings (SSSR count). The van der Waals surface area contributed by atoms with Crippen molar-refractivity contribution in [3.63, 3.8) is 0 Å². The summed E-state index contributed by atoms with van der Waals surface area (Å²) in [5, 5.41) is 9.69. The van der Waals surface area contributed by atoms with Crippen molar-refractivity contribution in [2.24, 2.45) is 0 Å². The lowest BCUT2D eigenvalue weighted by atomic mass is 10.0. The van der Waals surface area contributed by atoms with E-state index in [2.05, 4.69) is 4.98 Å². The van der Waals surface area contributed by atoms with Crippen LogP contribution in [0.4, 0.5) is 0 Å². The van der Waals surface area contributed by atoms with Gasteiger partial charge in [0.2, 0.25) is 5.56 Å². The molecule has 0 unspecified atom stereocenters. The van der Waals surface area contributed by atoms with Crippen LogP contribution in [0.2, 0.25) is 15.1 Å². The van der Waals surface area contributed by atoms with Gasteiger partial charge in [-0.05, 0) is 11.6 Å². The summed E-state index contributed by atoms with van der Waals surface area (Å²) in [5.74, 6) is 0. The number of H-pyrrole nitrogens is 1. The Labute approximate surface area is 124 Å². The summed E-state index contributed by atoms with van der Waals surface area (Å²) in [6.45, 7) is 0. The Kier molecular flexibility index (Phi) is 4.16. The second-order valence-electron chi connectivity index (χ2n) is 3.79. The third-order valence-corrected chi connectivity index (χ3v) is 3.90. The zero-order chi connectivity index (χ0) is 14.0. The lowest BCUT2D eigenvalue weighted by molar-refractivity contribution is 1.17. The van der Waals surface area contributed by atoms with E-state index in [1.807, 2.05) is 6.07 Å². The molecule has 3 nitrogen and oxygen atoms in total. The van der Waals surface area contributed by atoms with Gasteiger partial charge in [0.15, 0.2) is 0 Å². The molecule has 0 fully saturated rings. The Morgan fingerprint density at radius 3 is 2.58 bits per heavy atom. The van der Waals surface area contributed by atoms with E-state index in [0.29, 0.717) is 26.7 Å². The fourth-order valence-corrected chi connectivity index (χ4v) is 2.37. The first-order chi connectivity index (χ1) is 9.04. The molecule has 2 aromatic rings. The Morgan fingerprint density at radius 2 is 1.89 bits per heavy atom. The van der Waals surface area contributed by atoms with Gasteiger partial charge in [0, 0.05) is 23.4 Å². The third kappa shape index (κ3) is 2.76. The van der Waals surface area contributed by atoms with Gasteiger partial charge in [-0.3, -0.25) is 4.79 Å². The predicted octanol–water partition coefficient (Wildman–Crippen LogP) is 4.07. The first-order valence-electron chi connectivity index (χ1n) is 5.27. The van der Waals surface area contributed by atoms with Gasteiger partial charge in [0.25, 0.3) is 0 Å².